The third-order valence-electron chi connectivity index (χ3n) is 3.77. The number of amides is 2. The predicted molar refractivity (Wildman–Crippen MR) is 103 cm³/mol. The highest BCUT2D eigenvalue weighted by atomic mass is 16.3. The van der Waals surface area contributed by atoms with Crippen LogP contribution in [0.1, 0.15) is 16.7 Å². The number of hydrogen-bond acceptors (Lipinski definition) is 3. The molecule has 7 nitrogen and oxygen atoms in total. The maximum atomic E-state index is 11.9. The van der Waals surface area contributed by atoms with Crippen molar-refractivity contribution in [2.45, 2.75) is 20.0 Å². The highest BCUT2D eigenvalue weighted by Crippen LogP contribution is 2.09. The fourth-order valence-electron chi connectivity index (χ4n) is 2.33. The molecule has 2 amide bonds. The van der Waals surface area contributed by atoms with Crippen molar-refractivity contribution in [1.82, 2.24) is 20.2 Å². The first-order valence-corrected chi connectivity index (χ1v) is 8.34. The van der Waals surface area contributed by atoms with Crippen molar-refractivity contribution in [3.8, 4) is 5.69 Å². The van der Waals surface area contributed by atoms with Crippen LogP contribution in [0.3, 0.4) is 0 Å². The summed E-state index contributed by atoms with van der Waals surface area (Å²) in [6.45, 7) is 2.80. The number of nitrogens with one attached hydrogen (secondary N) is 2. The van der Waals surface area contributed by atoms with Gasteiger partial charge in [0.1, 0.15) is 0 Å². The molecule has 0 aliphatic carbocycles. The minimum Gasteiger partial charge on any atom is -0.483 e. The van der Waals surface area contributed by atoms with E-state index in [1.807, 2.05) is 66.2 Å². The molecule has 3 aromatic rings. The predicted octanol–water partition coefficient (Wildman–Crippen LogP) is 2.88. The quantitative estimate of drug-likeness (QED) is 0.605. The Labute approximate surface area is 157 Å². The molecule has 0 atom stereocenters. The highest BCUT2D eigenvalue weighted by Gasteiger charge is 2.02. The highest BCUT2D eigenvalue weighted by molar-refractivity contribution is 5.73. The summed E-state index contributed by atoms with van der Waals surface area (Å²) >= 11 is 0. The van der Waals surface area contributed by atoms with Gasteiger partial charge in [0.25, 0.3) is 6.47 Å². The zero-order chi connectivity index (χ0) is 19.5. The van der Waals surface area contributed by atoms with Gasteiger partial charge in [0.15, 0.2) is 0 Å². The molecule has 0 aliphatic rings. The molecule has 140 valence electrons. The van der Waals surface area contributed by atoms with E-state index in [2.05, 4.69) is 15.6 Å². The van der Waals surface area contributed by atoms with E-state index in [-0.39, 0.29) is 12.5 Å². The fraction of sp³-hybridized carbons (Fsp3) is 0.150. The van der Waals surface area contributed by atoms with Crippen LogP contribution < -0.4 is 10.6 Å². The second-order valence-electron chi connectivity index (χ2n) is 5.76. The number of imidazole rings is 1. The largest absolute Gasteiger partial charge is 0.483 e. The molecule has 27 heavy (non-hydrogen) atoms. The maximum absolute atomic E-state index is 11.9. The zero-order valence-corrected chi connectivity index (χ0v) is 15.0. The van der Waals surface area contributed by atoms with Crippen LogP contribution in [0, 0.1) is 6.92 Å². The fourth-order valence-corrected chi connectivity index (χ4v) is 2.33. The second kappa shape index (κ2) is 10.4. The molecule has 0 bridgehead atoms. The van der Waals surface area contributed by atoms with E-state index < -0.39 is 0 Å². The summed E-state index contributed by atoms with van der Waals surface area (Å²) in [5.74, 6) is 0. The van der Waals surface area contributed by atoms with Crippen molar-refractivity contribution in [3.63, 3.8) is 0 Å². The third-order valence-corrected chi connectivity index (χ3v) is 3.77. The number of hydrogen-bond donors (Lipinski definition) is 3. The molecule has 7 heteroatoms. The van der Waals surface area contributed by atoms with Crippen LogP contribution in [0.15, 0.2) is 67.3 Å². The number of carboxylic acid groups (broad SMARTS) is 1. The van der Waals surface area contributed by atoms with Crippen LogP contribution in [0.4, 0.5) is 4.79 Å². The molecule has 0 unspecified atom stereocenters. The average molecular weight is 366 g/mol. The van der Waals surface area contributed by atoms with Gasteiger partial charge < -0.3 is 20.3 Å². The molecule has 1 aromatic heterocycles. The van der Waals surface area contributed by atoms with Gasteiger partial charge in [-0.05, 0) is 30.2 Å². The standard InChI is InChI=1S/C19H20N4O.CH2O2/c1-15-2-4-16(5-3-15)12-21-19(24)22-13-17-6-8-18(9-7-17)23-11-10-20-14-23;2-1-3/h2-11,14H,12-13H2,1H3,(H2,21,22,24);1H,(H,2,3). The van der Waals surface area contributed by atoms with Gasteiger partial charge in [-0.25, -0.2) is 9.78 Å². The number of rotatable bonds is 5. The van der Waals surface area contributed by atoms with Crippen LogP contribution in [-0.2, 0) is 17.9 Å². The Morgan fingerprint density at radius 3 is 2.04 bits per heavy atom. The Morgan fingerprint density at radius 2 is 1.56 bits per heavy atom. The van der Waals surface area contributed by atoms with E-state index >= 15 is 0 Å². The lowest BCUT2D eigenvalue weighted by Crippen LogP contribution is -2.34. The van der Waals surface area contributed by atoms with Crippen molar-refractivity contribution >= 4 is 12.5 Å². The van der Waals surface area contributed by atoms with Crippen LogP contribution in [-0.4, -0.2) is 27.2 Å². The molecular weight excluding hydrogens is 344 g/mol. The molecule has 2 aromatic carbocycles. The van der Waals surface area contributed by atoms with Crippen LogP contribution in [0.2, 0.25) is 0 Å². The summed E-state index contributed by atoms with van der Waals surface area (Å²) in [6.07, 6.45) is 5.39. The lowest BCUT2D eigenvalue weighted by atomic mass is 10.1. The smallest absolute Gasteiger partial charge is 0.315 e. The van der Waals surface area contributed by atoms with Gasteiger partial charge in [0, 0.05) is 31.2 Å². The van der Waals surface area contributed by atoms with Crippen LogP contribution in [0.5, 0.6) is 0 Å². The Hall–Kier alpha value is -3.61. The SMILES string of the molecule is Cc1ccc(CNC(=O)NCc2ccc(-n3ccnc3)cc2)cc1.O=CO. The minimum absolute atomic E-state index is 0.172. The molecular formula is C20H22N4O3. The van der Waals surface area contributed by atoms with E-state index in [1.54, 1.807) is 12.5 Å². The normalized spacial score (nSPS) is 9.67. The number of aryl methyl sites for hydroxylation is 1. The van der Waals surface area contributed by atoms with Crippen molar-refractivity contribution in [1.29, 1.82) is 0 Å². The summed E-state index contributed by atoms with van der Waals surface area (Å²) in [5.41, 5.74) is 4.38. The number of nitrogens with zero attached hydrogens (tertiary/aromatic N) is 2. The summed E-state index contributed by atoms with van der Waals surface area (Å²) in [4.78, 5) is 24.3. The summed E-state index contributed by atoms with van der Waals surface area (Å²) in [6, 6.07) is 15.9. The first kappa shape index (κ1) is 19.7. The molecule has 0 fully saturated rings. The van der Waals surface area contributed by atoms with Gasteiger partial charge in [0.05, 0.1) is 6.33 Å². The minimum atomic E-state index is -0.250. The molecule has 3 rings (SSSR count). The molecule has 0 radical (unpaired) electrons. The lowest BCUT2D eigenvalue weighted by Gasteiger charge is -2.09. The zero-order valence-electron chi connectivity index (χ0n) is 15.0. The van der Waals surface area contributed by atoms with Gasteiger partial charge >= 0.3 is 6.03 Å². The lowest BCUT2D eigenvalue weighted by molar-refractivity contribution is -0.122. The van der Waals surface area contributed by atoms with Gasteiger partial charge in [-0.15, -0.1) is 0 Å². The van der Waals surface area contributed by atoms with E-state index in [4.69, 9.17) is 9.90 Å². The van der Waals surface area contributed by atoms with Crippen LogP contribution >= 0.6 is 0 Å². The van der Waals surface area contributed by atoms with Crippen molar-refractivity contribution < 1.29 is 14.7 Å². The number of carbonyl (C=O) groups excluding carboxylic acids is 1. The van der Waals surface area contributed by atoms with Crippen LogP contribution in [0.25, 0.3) is 5.69 Å². The van der Waals surface area contributed by atoms with Crippen molar-refractivity contribution in [2.75, 3.05) is 0 Å². The summed E-state index contributed by atoms with van der Waals surface area (Å²) in [7, 11) is 0. The molecule has 3 N–H and O–H groups in total. The van der Waals surface area contributed by atoms with Gasteiger partial charge in [-0.3, -0.25) is 4.79 Å². The molecule has 0 saturated carbocycles. The Morgan fingerprint density at radius 1 is 1.04 bits per heavy atom. The number of carbonyl (C=O) groups is 2. The van der Waals surface area contributed by atoms with E-state index in [0.29, 0.717) is 13.1 Å². The Balaban J connectivity index is 0.000000817. The number of benzene rings is 2. The molecule has 1 heterocycles. The monoisotopic (exact) mass is 366 g/mol. The first-order chi connectivity index (χ1) is 13.1. The molecule has 0 spiro atoms. The third kappa shape index (κ3) is 6.66. The van der Waals surface area contributed by atoms with E-state index in [0.717, 1.165) is 16.8 Å². The average Bonchev–Trinajstić information content (AvgIpc) is 3.22. The molecule has 0 aliphatic heterocycles. The number of aromatic nitrogens is 2. The van der Waals surface area contributed by atoms with Gasteiger partial charge in [-0.1, -0.05) is 42.0 Å². The number of urea groups is 1. The van der Waals surface area contributed by atoms with Gasteiger partial charge in [0.2, 0.25) is 0 Å². The summed E-state index contributed by atoms with van der Waals surface area (Å²) < 4.78 is 1.94. The topological polar surface area (TPSA) is 96.3 Å². The Bertz CT molecular complexity index is 829. The molecule has 0 saturated heterocycles. The second-order valence-corrected chi connectivity index (χ2v) is 5.76. The van der Waals surface area contributed by atoms with Crippen molar-refractivity contribution in [3.05, 3.63) is 83.9 Å². The Kier molecular flexibility index (Phi) is 7.59. The van der Waals surface area contributed by atoms with Gasteiger partial charge in [-0.2, -0.15) is 0 Å². The van der Waals surface area contributed by atoms with E-state index in [9.17, 15) is 4.79 Å². The maximum Gasteiger partial charge on any atom is 0.315 e. The van der Waals surface area contributed by atoms with E-state index in [1.165, 1.54) is 5.56 Å². The summed E-state index contributed by atoms with van der Waals surface area (Å²) in [5, 5.41) is 12.6. The first-order valence-electron chi connectivity index (χ1n) is 8.34. The van der Waals surface area contributed by atoms with Crippen molar-refractivity contribution in [2.24, 2.45) is 0 Å².